The van der Waals surface area contributed by atoms with Gasteiger partial charge in [-0.3, -0.25) is 9.59 Å². The van der Waals surface area contributed by atoms with Crippen molar-refractivity contribution in [3.8, 4) is 0 Å². The van der Waals surface area contributed by atoms with E-state index in [1.54, 1.807) is 50.2 Å². The second-order valence-electron chi connectivity index (χ2n) is 7.17. The summed E-state index contributed by atoms with van der Waals surface area (Å²) in [5, 5.41) is 8.96. The van der Waals surface area contributed by atoms with Gasteiger partial charge in [-0.05, 0) is 37.8 Å². The largest absolute Gasteiger partial charge is 0.451 e. The normalized spacial score (nSPS) is 12.9. The Labute approximate surface area is 170 Å². The van der Waals surface area contributed by atoms with E-state index in [1.807, 2.05) is 13.8 Å². The van der Waals surface area contributed by atoms with Crippen LogP contribution in [0, 0.1) is 12.8 Å². The fourth-order valence-corrected chi connectivity index (χ4v) is 2.69. The van der Waals surface area contributed by atoms with Crippen molar-refractivity contribution < 1.29 is 23.6 Å². The molecule has 0 unspecified atom stereocenters. The SMILES string of the molecule is CC[C@@H](OC(=O)[C@@H](CC(C)C)NC(=O)c1ccccc1)C(=O)Nc1cc(C)on1. The third kappa shape index (κ3) is 6.74. The van der Waals surface area contributed by atoms with E-state index in [0.717, 1.165) is 0 Å². The topological polar surface area (TPSA) is 111 Å². The third-order valence-corrected chi connectivity index (χ3v) is 4.13. The molecule has 0 bridgehead atoms. The molecule has 2 amide bonds. The number of carbonyl (C=O) groups excluding carboxylic acids is 3. The molecule has 8 nitrogen and oxygen atoms in total. The molecule has 2 rings (SSSR count). The average Bonchev–Trinajstić information content (AvgIpc) is 3.10. The number of benzene rings is 1. The van der Waals surface area contributed by atoms with Crippen LogP contribution in [0.15, 0.2) is 40.9 Å². The highest BCUT2D eigenvalue weighted by atomic mass is 16.5. The Hall–Kier alpha value is -3.16. The van der Waals surface area contributed by atoms with Crippen LogP contribution in [0.3, 0.4) is 0 Å². The van der Waals surface area contributed by atoms with Crippen LogP contribution >= 0.6 is 0 Å². The molecule has 2 aromatic rings. The molecule has 1 aromatic heterocycles. The van der Waals surface area contributed by atoms with E-state index in [9.17, 15) is 14.4 Å². The molecule has 1 heterocycles. The number of nitrogens with one attached hydrogen (secondary N) is 2. The quantitative estimate of drug-likeness (QED) is 0.625. The predicted octanol–water partition coefficient (Wildman–Crippen LogP) is 3.09. The molecule has 0 aliphatic heterocycles. The molecule has 156 valence electrons. The number of ether oxygens (including phenoxy) is 1. The highest BCUT2D eigenvalue weighted by molar-refractivity contribution is 5.98. The van der Waals surface area contributed by atoms with Gasteiger partial charge in [-0.15, -0.1) is 0 Å². The summed E-state index contributed by atoms with van der Waals surface area (Å²) < 4.78 is 10.3. The summed E-state index contributed by atoms with van der Waals surface area (Å²) in [7, 11) is 0. The first-order valence-corrected chi connectivity index (χ1v) is 9.60. The smallest absolute Gasteiger partial charge is 0.329 e. The van der Waals surface area contributed by atoms with Gasteiger partial charge in [-0.2, -0.15) is 0 Å². The van der Waals surface area contributed by atoms with Crippen molar-refractivity contribution in [2.45, 2.75) is 52.7 Å². The summed E-state index contributed by atoms with van der Waals surface area (Å²) in [5.41, 5.74) is 0.445. The molecule has 2 atom stereocenters. The van der Waals surface area contributed by atoms with Gasteiger partial charge < -0.3 is 19.9 Å². The number of carbonyl (C=O) groups is 3. The van der Waals surface area contributed by atoms with Crippen LogP contribution in [0.5, 0.6) is 0 Å². The van der Waals surface area contributed by atoms with Crippen molar-refractivity contribution >= 4 is 23.6 Å². The van der Waals surface area contributed by atoms with Crippen LogP contribution in [0.4, 0.5) is 5.82 Å². The van der Waals surface area contributed by atoms with Gasteiger partial charge in [0.1, 0.15) is 11.8 Å². The lowest BCUT2D eigenvalue weighted by Crippen LogP contribution is -2.45. The molecule has 1 aromatic carbocycles. The maximum atomic E-state index is 12.7. The van der Waals surface area contributed by atoms with E-state index < -0.39 is 24.0 Å². The minimum Gasteiger partial charge on any atom is -0.451 e. The lowest BCUT2D eigenvalue weighted by atomic mass is 10.0. The second-order valence-corrected chi connectivity index (χ2v) is 7.17. The number of anilines is 1. The van der Waals surface area contributed by atoms with Gasteiger partial charge in [0, 0.05) is 11.6 Å². The summed E-state index contributed by atoms with van der Waals surface area (Å²) in [6.07, 6.45) is -0.351. The lowest BCUT2D eigenvalue weighted by Gasteiger charge is -2.22. The van der Waals surface area contributed by atoms with Gasteiger partial charge in [0.15, 0.2) is 11.9 Å². The van der Waals surface area contributed by atoms with Crippen LogP contribution in [0.25, 0.3) is 0 Å². The van der Waals surface area contributed by atoms with Crippen molar-refractivity contribution in [2.24, 2.45) is 5.92 Å². The molecule has 0 aliphatic carbocycles. The Morgan fingerprint density at radius 2 is 1.86 bits per heavy atom. The summed E-state index contributed by atoms with van der Waals surface area (Å²) in [6, 6.07) is 9.32. The highest BCUT2D eigenvalue weighted by Gasteiger charge is 2.29. The zero-order valence-electron chi connectivity index (χ0n) is 17.1. The Bertz CT molecular complexity index is 832. The van der Waals surface area contributed by atoms with Crippen molar-refractivity contribution in [2.75, 3.05) is 5.32 Å². The molecule has 0 saturated carbocycles. The number of hydrogen-bond acceptors (Lipinski definition) is 6. The number of amides is 2. The van der Waals surface area contributed by atoms with Gasteiger partial charge in [0.25, 0.3) is 11.8 Å². The van der Waals surface area contributed by atoms with Crippen LogP contribution in [-0.4, -0.2) is 35.1 Å². The molecule has 0 aliphatic rings. The fourth-order valence-electron chi connectivity index (χ4n) is 2.69. The molecule has 0 saturated heterocycles. The summed E-state index contributed by atoms with van der Waals surface area (Å²) >= 11 is 0. The molecule has 0 spiro atoms. The minimum absolute atomic E-state index is 0.135. The number of esters is 1. The van der Waals surface area contributed by atoms with E-state index >= 15 is 0 Å². The van der Waals surface area contributed by atoms with Gasteiger partial charge in [0.2, 0.25) is 0 Å². The lowest BCUT2D eigenvalue weighted by molar-refractivity contribution is -0.156. The van der Waals surface area contributed by atoms with E-state index in [-0.39, 0.29) is 24.1 Å². The molecule has 0 radical (unpaired) electrons. The van der Waals surface area contributed by atoms with Gasteiger partial charge >= 0.3 is 5.97 Å². The number of aryl methyl sites for hydroxylation is 1. The third-order valence-electron chi connectivity index (χ3n) is 4.13. The zero-order chi connectivity index (χ0) is 21.4. The molecular weight excluding hydrogens is 374 g/mol. The van der Waals surface area contributed by atoms with Crippen LogP contribution in [0.2, 0.25) is 0 Å². The van der Waals surface area contributed by atoms with Crippen LogP contribution in [0.1, 0.15) is 49.7 Å². The van der Waals surface area contributed by atoms with Crippen molar-refractivity contribution in [1.29, 1.82) is 0 Å². The van der Waals surface area contributed by atoms with Gasteiger partial charge in [-0.25, -0.2) is 4.79 Å². The minimum atomic E-state index is -1.01. The summed E-state index contributed by atoms with van der Waals surface area (Å²) in [6.45, 7) is 7.30. The number of rotatable bonds is 9. The predicted molar refractivity (Wildman–Crippen MR) is 107 cm³/mol. The van der Waals surface area contributed by atoms with Crippen LogP contribution < -0.4 is 10.6 Å². The van der Waals surface area contributed by atoms with Crippen molar-refractivity contribution in [1.82, 2.24) is 10.5 Å². The van der Waals surface area contributed by atoms with Crippen LogP contribution in [-0.2, 0) is 14.3 Å². The standard InChI is InChI=1S/C21H27N3O5/c1-5-17(20(26)23-18-12-14(4)29-24-18)28-21(27)16(11-13(2)3)22-19(25)15-9-7-6-8-10-15/h6-10,12-13,16-17H,5,11H2,1-4H3,(H,22,25)(H,23,24,26)/t16-,17-/m1/s1. The van der Waals surface area contributed by atoms with Gasteiger partial charge in [0.05, 0.1) is 0 Å². The number of aromatic nitrogens is 1. The second kappa shape index (κ2) is 10.4. The first-order valence-electron chi connectivity index (χ1n) is 9.60. The first kappa shape index (κ1) is 22.1. The van der Waals surface area contributed by atoms with Crippen molar-refractivity contribution in [3.63, 3.8) is 0 Å². The Balaban J connectivity index is 2.04. The maximum Gasteiger partial charge on any atom is 0.329 e. The number of nitrogens with zero attached hydrogens (tertiary/aromatic N) is 1. The summed E-state index contributed by atoms with van der Waals surface area (Å²) in [5.74, 6) is -0.600. The summed E-state index contributed by atoms with van der Waals surface area (Å²) in [4.78, 5) is 37.6. The monoisotopic (exact) mass is 401 g/mol. The Morgan fingerprint density at radius 1 is 1.17 bits per heavy atom. The molecular formula is C21H27N3O5. The van der Waals surface area contributed by atoms with E-state index in [4.69, 9.17) is 9.26 Å². The van der Waals surface area contributed by atoms with E-state index in [2.05, 4.69) is 15.8 Å². The Kier molecular flexibility index (Phi) is 7.94. The highest BCUT2D eigenvalue weighted by Crippen LogP contribution is 2.13. The first-order chi connectivity index (χ1) is 13.8. The zero-order valence-corrected chi connectivity index (χ0v) is 17.1. The molecule has 8 heteroatoms. The average molecular weight is 401 g/mol. The van der Waals surface area contributed by atoms with E-state index in [0.29, 0.717) is 17.7 Å². The molecule has 0 fully saturated rings. The maximum absolute atomic E-state index is 12.7. The van der Waals surface area contributed by atoms with Crippen molar-refractivity contribution in [3.05, 3.63) is 47.7 Å². The van der Waals surface area contributed by atoms with E-state index in [1.165, 1.54) is 0 Å². The fraction of sp³-hybridized carbons (Fsp3) is 0.429. The Morgan fingerprint density at radius 3 is 2.41 bits per heavy atom. The van der Waals surface area contributed by atoms with Gasteiger partial charge in [-0.1, -0.05) is 44.1 Å². The molecule has 29 heavy (non-hydrogen) atoms. The number of hydrogen-bond donors (Lipinski definition) is 2. The molecule has 2 N–H and O–H groups in total.